The summed E-state index contributed by atoms with van der Waals surface area (Å²) in [5.41, 5.74) is 4.68. The van der Waals surface area contributed by atoms with Gasteiger partial charge in [-0.3, -0.25) is 0 Å². The Labute approximate surface area is 120 Å². The molecule has 0 aliphatic rings. The van der Waals surface area contributed by atoms with Crippen molar-refractivity contribution in [1.29, 1.82) is 0 Å². The lowest BCUT2D eigenvalue weighted by Crippen LogP contribution is -2.05. The van der Waals surface area contributed by atoms with Crippen molar-refractivity contribution in [2.24, 2.45) is 0 Å². The van der Waals surface area contributed by atoms with Crippen molar-refractivity contribution < 1.29 is 4.74 Å². The van der Waals surface area contributed by atoms with Crippen LogP contribution in [-0.4, -0.2) is 23.3 Å². The minimum Gasteiger partial charge on any atom is -0.385 e. The molecule has 20 heavy (non-hydrogen) atoms. The van der Waals surface area contributed by atoms with E-state index >= 15 is 0 Å². The Kier molecular flexibility index (Phi) is 4.79. The maximum absolute atomic E-state index is 5.10. The van der Waals surface area contributed by atoms with E-state index in [-0.39, 0.29) is 0 Å². The first-order chi connectivity index (χ1) is 9.60. The summed E-state index contributed by atoms with van der Waals surface area (Å²) in [4.78, 5) is 4.55. The molecular weight excluding hydrogens is 250 g/mol. The van der Waals surface area contributed by atoms with Crippen molar-refractivity contribution in [2.75, 3.05) is 19.0 Å². The molecule has 0 amide bonds. The van der Waals surface area contributed by atoms with E-state index in [2.05, 4.69) is 53.1 Å². The van der Waals surface area contributed by atoms with E-state index in [4.69, 9.17) is 4.74 Å². The molecule has 4 heteroatoms. The fourth-order valence-corrected chi connectivity index (χ4v) is 2.14. The molecule has 0 bridgehead atoms. The number of benzene rings is 1. The Hall–Kier alpha value is -1.81. The highest BCUT2D eigenvalue weighted by Gasteiger charge is 2.06. The number of imidazole rings is 1. The van der Waals surface area contributed by atoms with E-state index in [1.807, 2.05) is 6.92 Å². The SMILES string of the molecule is COCCCn1cc(C)nc1Nc1ccc(C)c(C)c1. The quantitative estimate of drug-likeness (QED) is 0.817. The van der Waals surface area contributed by atoms with Crippen LogP contribution in [0.3, 0.4) is 0 Å². The Morgan fingerprint density at radius 2 is 2.00 bits per heavy atom. The molecule has 0 saturated carbocycles. The van der Waals surface area contributed by atoms with Crippen LogP contribution in [0.25, 0.3) is 0 Å². The summed E-state index contributed by atoms with van der Waals surface area (Å²) >= 11 is 0. The number of hydrogen-bond acceptors (Lipinski definition) is 3. The van der Waals surface area contributed by atoms with Gasteiger partial charge in [0.1, 0.15) is 0 Å². The largest absolute Gasteiger partial charge is 0.385 e. The van der Waals surface area contributed by atoms with Gasteiger partial charge in [0.25, 0.3) is 0 Å². The number of anilines is 2. The van der Waals surface area contributed by atoms with Crippen molar-refractivity contribution in [3.63, 3.8) is 0 Å². The number of rotatable bonds is 6. The fourth-order valence-electron chi connectivity index (χ4n) is 2.14. The second-order valence-electron chi connectivity index (χ2n) is 5.17. The topological polar surface area (TPSA) is 39.1 Å². The van der Waals surface area contributed by atoms with Crippen LogP contribution < -0.4 is 5.32 Å². The third-order valence-electron chi connectivity index (χ3n) is 3.41. The first-order valence-electron chi connectivity index (χ1n) is 6.97. The molecule has 0 unspecified atom stereocenters. The zero-order chi connectivity index (χ0) is 14.5. The molecule has 0 radical (unpaired) electrons. The van der Waals surface area contributed by atoms with Gasteiger partial charge in [0.05, 0.1) is 5.69 Å². The van der Waals surface area contributed by atoms with Crippen molar-refractivity contribution in [1.82, 2.24) is 9.55 Å². The Morgan fingerprint density at radius 1 is 1.20 bits per heavy atom. The highest BCUT2D eigenvalue weighted by atomic mass is 16.5. The molecule has 0 aliphatic heterocycles. The zero-order valence-electron chi connectivity index (χ0n) is 12.7. The lowest BCUT2D eigenvalue weighted by Gasteiger charge is -2.11. The van der Waals surface area contributed by atoms with E-state index in [1.165, 1.54) is 11.1 Å². The zero-order valence-corrected chi connectivity index (χ0v) is 12.7. The molecule has 1 aromatic carbocycles. The monoisotopic (exact) mass is 273 g/mol. The molecule has 0 fully saturated rings. The van der Waals surface area contributed by atoms with E-state index in [1.54, 1.807) is 7.11 Å². The van der Waals surface area contributed by atoms with Crippen molar-refractivity contribution in [2.45, 2.75) is 33.7 Å². The summed E-state index contributed by atoms with van der Waals surface area (Å²) in [7, 11) is 1.73. The Morgan fingerprint density at radius 3 is 2.70 bits per heavy atom. The molecule has 1 N–H and O–H groups in total. The average molecular weight is 273 g/mol. The number of hydrogen-bond donors (Lipinski definition) is 1. The van der Waals surface area contributed by atoms with Crippen molar-refractivity contribution in [3.05, 3.63) is 41.2 Å². The predicted octanol–water partition coefficient (Wildman–Crippen LogP) is 3.59. The minimum atomic E-state index is 0.764. The van der Waals surface area contributed by atoms with Gasteiger partial charge in [0.2, 0.25) is 5.95 Å². The molecule has 2 rings (SSSR count). The van der Waals surface area contributed by atoms with Crippen molar-refractivity contribution in [3.8, 4) is 0 Å². The lowest BCUT2D eigenvalue weighted by atomic mass is 10.1. The van der Waals surface area contributed by atoms with Crippen LogP contribution in [-0.2, 0) is 11.3 Å². The number of ether oxygens (including phenoxy) is 1. The maximum Gasteiger partial charge on any atom is 0.207 e. The number of methoxy groups -OCH3 is 1. The maximum atomic E-state index is 5.10. The van der Waals surface area contributed by atoms with E-state index < -0.39 is 0 Å². The van der Waals surface area contributed by atoms with Gasteiger partial charge in [0, 0.05) is 32.1 Å². The molecule has 1 aromatic heterocycles. The van der Waals surface area contributed by atoms with Gasteiger partial charge in [-0.1, -0.05) is 6.07 Å². The molecule has 0 spiro atoms. The average Bonchev–Trinajstić information content (AvgIpc) is 2.74. The predicted molar refractivity (Wildman–Crippen MR) is 82.7 cm³/mol. The first-order valence-corrected chi connectivity index (χ1v) is 6.97. The van der Waals surface area contributed by atoms with Crippen molar-refractivity contribution >= 4 is 11.6 Å². The van der Waals surface area contributed by atoms with Gasteiger partial charge in [-0.2, -0.15) is 0 Å². The Balaban J connectivity index is 2.13. The standard InChI is InChI=1S/C16H23N3O/c1-12-6-7-15(10-13(12)2)18-16-17-14(3)11-19(16)8-5-9-20-4/h6-7,10-11H,5,8-9H2,1-4H3,(H,17,18). The van der Waals surface area contributed by atoms with E-state index in [0.29, 0.717) is 0 Å². The molecular formula is C16H23N3O. The second kappa shape index (κ2) is 6.57. The second-order valence-corrected chi connectivity index (χ2v) is 5.17. The van der Waals surface area contributed by atoms with Crippen LogP contribution >= 0.6 is 0 Å². The molecule has 0 saturated heterocycles. The third-order valence-corrected chi connectivity index (χ3v) is 3.41. The third kappa shape index (κ3) is 3.61. The summed E-state index contributed by atoms with van der Waals surface area (Å²) in [6.45, 7) is 7.92. The first kappa shape index (κ1) is 14.6. The van der Waals surface area contributed by atoms with E-state index in [0.717, 1.165) is 36.9 Å². The van der Waals surface area contributed by atoms with Gasteiger partial charge in [-0.25, -0.2) is 4.98 Å². The summed E-state index contributed by atoms with van der Waals surface area (Å²) in [6.07, 6.45) is 3.05. The highest BCUT2D eigenvalue weighted by Crippen LogP contribution is 2.19. The van der Waals surface area contributed by atoms with Gasteiger partial charge >= 0.3 is 0 Å². The van der Waals surface area contributed by atoms with Crippen LogP contribution in [0.4, 0.5) is 11.6 Å². The van der Waals surface area contributed by atoms with Crippen LogP contribution in [0.1, 0.15) is 23.2 Å². The molecule has 108 valence electrons. The van der Waals surface area contributed by atoms with Crippen LogP contribution in [0.5, 0.6) is 0 Å². The van der Waals surface area contributed by atoms with Crippen LogP contribution in [0.15, 0.2) is 24.4 Å². The molecule has 0 atom stereocenters. The Bertz CT molecular complexity index is 575. The molecule has 2 aromatic rings. The molecule has 0 aliphatic carbocycles. The van der Waals surface area contributed by atoms with Crippen LogP contribution in [0, 0.1) is 20.8 Å². The van der Waals surface area contributed by atoms with E-state index in [9.17, 15) is 0 Å². The summed E-state index contributed by atoms with van der Waals surface area (Å²) in [6, 6.07) is 6.37. The fraction of sp³-hybridized carbons (Fsp3) is 0.438. The minimum absolute atomic E-state index is 0.764. The van der Waals surface area contributed by atoms with Gasteiger partial charge in [0.15, 0.2) is 0 Å². The number of aromatic nitrogens is 2. The number of nitrogens with zero attached hydrogens (tertiary/aromatic N) is 2. The van der Waals surface area contributed by atoms with Gasteiger partial charge < -0.3 is 14.6 Å². The normalized spacial score (nSPS) is 10.8. The van der Waals surface area contributed by atoms with Gasteiger partial charge in [-0.05, 0) is 50.5 Å². The molecule has 1 heterocycles. The summed E-state index contributed by atoms with van der Waals surface area (Å²) in [5.74, 6) is 0.891. The number of nitrogens with one attached hydrogen (secondary N) is 1. The summed E-state index contributed by atoms with van der Waals surface area (Å²) < 4.78 is 7.25. The number of aryl methyl sites for hydroxylation is 4. The lowest BCUT2D eigenvalue weighted by molar-refractivity contribution is 0.190. The smallest absolute Gasteiger partial charge is 0.207 e. The highest BCUT2D eigenvalue weighted by molar-refractivity contribution is 5.56. The summed E-state index contributed by atoms with van der Waals surface area (Å²) in [5, 5.41) is 3.40. The molecule has 4 nitrogen and oxygen atoms in total. The van der Waals surface area contributed by atoms with Crippen LogP contribution in [0.2, 0.25) is 0 Å². The van der Waals surface area contributed by atoms with Gasteiger partial charge in [-0.15, -0.1) is 0 Å².